The third kappa shape index (κ3) is 16.1. The highest BCUT2D eigenvalue weighted by molar-refractivity contribution is 5.97. The number of carboxylic acids is 2. The van der Waals surface area contributed by atoms with Crippen LogP contribution >= 0.6 is 0 Å². The number of aromatic hydroxyl groups is 1. The number of nitrogens with zero attached hydrogens (tertiary/aromatic N) is 1. The van der Waals surface area contributed by atoms with Gasteiger partial charge in [-0.1, -0.05) is 31.7 Å². The van der Waals surface area contributed by atoms with Crippen molar-refractivity contribution in [1.82, 2.24) is 15.5 Å². The van der Waals surface area contributed by atoms with E-state index in [0.29, 0.717) is 69.0 Å². The molecule has 2 aromatic carbocycles. The van der Waals surface area contributed by atoms with Crippen molar-refractivity contribution in [3.63, 3.8) is 0 Å². The summed E-state index contributed by atoms with van der Waals surface area (Å²) in [7, 11) is 0. The lowest BCUT2D eigenvalue weighted by Gasteiger charge is -2.32. The number of ether oxygens (including phenoxy) is 1. The van der Waals surface area contributed by atoms with Gasteiger partial charge in [-0.2, -0.15) is 26.3 Å². The zero-order chi connectivity index (χ0) is 40.5. The Morgan fingerprint density at radius 2 is 1.37 bits per heavy atom. The maximum atomic E-state index is 13.8. The van der Waals surface area contributed by atoms with E-state index in [9.17, 15) is 49.8 Å². The molecule has 1 heterocycles. The van der Waals surface area contributed by atoms with Gasteiger partial charge in [-0.05, 0) is 74.2 Å². The quantitative estimate of drug-likeness (QED) is 0.0687. The van der Waals surface area contributed by atoms with Crippen molar-refractivity contribution in [3.05, 3.63) is 53.1 Å². The van der Waals surface area contributed by atoms with E-state index < -0.39 is 35.9 Å². The number of rotatable bonds is 13. The molecular formula is C34H42F8N4O8. The average Bonchev–Trinajstić information content (AvgIpc) is 3.38. The molecule has 0 unspecified atom stereocenters. The molecule has 20 heteroatoms. The van der Waals surface area contributed by atoms with E-state index in [1.807, 2.05) is 4.90 Å². The summed E-state index contributed by atoms with van der Waals surface area (Å²) >= 11 is 0. The summed E-state index contributed by atoms with van der Waals surface area (Å²) in [5.74, 6) is -6.09. The molecule has 2 amide bonds. The Morgan fingerprint density at radius 1 is 0.815 bits per heavy atom. The van der Waals surface area contributed by atoms with Gasteiger partial charge in [0, 0.05) is 32.1 Å². The number of hydrogen-bond donors (Lipinski definition) is 6. The molecule has 1 fully saturated rings. The van der Waals surface area contributed by atoms with Crippen molar-refractivity contribution in [2.75, 3.05) is 44.6 Å². The second kappa shape index (κ2) is 21.9. The molecule has 302 valence electrons. The van der Waals surface area contributed by atoms with Crippen LogP contribution in [0.4, 0.5) is 40.8 Å². The topological polar surface area (TPSA) is 178 Å². The van der Waals surface area contributed by atoms with E-state index in [-0.39, 0.29) is 30.2 Å². The Bertz CT molecular complexity index is 1530. The largest absolute Gasteiger partial charge is 0.506 e. The first-order valence-electron chi connectivity index (χ1n) is 16.8. The fourth-order valence-corrected chi connectivity index (χ4v) is 5.46. The first-order chi connectivity index (χ1) is 25.3. The van der Waals surface area contributed by atoms with Gasteiger partial charge in [0.15, 0.2) is 12.4 Å². The Hall–Kier alpha value is -4.72. The van der Waals surface area contributed by atoms with Gasteiger partial charge in [0.25, 0.3) is 5.91 Å². The molecule has 54 heavy (non-hydrogen) atoms. The van der Waals surface area contributed by atoms with Crippen LogP contribution in [0.1, 0.15) is 56.1 Å². The van der Waals surface area contributed by atoms with Crippen LogP contribution in [0.15, 0.2) is 30.3 Å². The predicted molar refractivity (Wildman–Crippen MR) is 177 cm³/mol. The van der Waals surface area contributed by atoms with E-state index in [2.05, 4.69) is 16.0 Å². The molecule has 0 radical (unpaired) electrons. The summed E-state index contributed by atoms with van der Waals surface area (Å²) < 4.78 is 96.3. The van der Waals surface area contributed by atoms with Crippen molar-refractivity contribution in [1.29, 1.82) is 0 Å². The molecule has 0 bridgehead atoms. The van der Waals surface area contributed by atoms with Gasteiger partial charge in [-0.25, -0.2) is 18.4 Å². The molecule has 4 rings (SSSR count). The number of phenols is 1. The van der Waals surface area contributed by atoms with Crippen LogP contribution in [-0.2, 0) is 32.0 Å². The van der Waals surface area contributed by atoms with Crippen molar-refractivity contribution in [2.45, 2.75) is 76.2 Å². The van der Waals surface area contributed by atoms with Gasteiger partial charge in [0.1, 0.15) is 23.1 Å². The maximum absolute atomic E-state index is 13.8. The number of hydrogen-bond acceptors (Lipinski definition) is 8. The van der Waals surface area contributed by atoms with Crippen LogP contribution in [0.3, 0.4) is 0 Å². The first kappa shape index (κ1) is 45.4. The van der Waals surface area contributed by atoms with Crippen LogP contribution in [0.5, 0.6) is 11.5 Å². The van der Waals surface area contributed by atoms with Crippen molar-refractivity contribution < 1.29 is 74.4 Å². The number of anilines is 1. The smallest absolute Gasteiger partial charge is 0.490 e. The van der Waals surface area contributed by atoms with Crippen LogP contribution in [0.2, 0.25) is 0 Å². The van der Waals surface area contributed by atoms with Crippen molar-refractivity contribution in [3.8, 4) is 11.5 Å². The number of carboxylic acid groups (broad SMARTS) is 2. The van der Waals surface area contributed by atoms with Gasteiger partial charge in [-0.15, -0.1) is 0 Å². The number of halogens is 8. The third-order valence-electron chi connectivity index (χ3n) is 8.10. The van der Waals surface area contributed by atoms with E-state index in [1.165, 1.54) is 18.9 Å². The summed E-state index contributed by atoms with van der Waals surface area (Å²) in [6.45, 7) is 2.78. The summed E-state index contributed by atoms with van der Waals surface area (Å²) in [5.41, 5.74) is 1.53. The van der Waals surface area contributed by atoms with Gasteiger partial charge < -0.3 is 40.9 Å². The van der Waals surface area contributed by atoms with Crippen molar-refractivity contribution >= 4 is 29.4 Å². The summed E-state index contributed by atoms with van der Waals surface area (Å²) in [6.07, 6.45) is -2.12. The highest BCUT2D eigenvalue weighted by Gasteiger charge is 2.39. The standard InChI is InChI=1S/C30H40F2N4O4.2C2HF3O2/c31-23-8-9-25(32)22(19-23)12-15-33-16-13-28(39)36(24-5-3-1-2-4-6-24)18-17-34-14-11-21-7-10-26(37)29-30(21)40-20-27(38)35-29;2*3-2(4,5)1(6)7/h7-10,19,24,33-34,37H,1-6,11-18,20H2,(H,35,38);2*(H,6,7). The summed E-state index contributed by atoms with van der Waals surface area (Å²) in [6, 6.07) is 7.04. The number of benzene rings is 2. The van der Waals surface area contributed by atoms with E-state index in [1.54, 1.807) is 12.1 Å². The number of amides is 2. The van der Waals surface area contributed by atoms with E-state index in [0.717, 1.165) is 43.4 Å². The molecule has 6 N–H and O–H groups in total. The summed E-state index contributed by atoms with van der Waals surface area (Å²) in [5, 5.41) is 33.6. The van der Waals surface area contributed by atoms with Crippen LogP contribution in [-0.4, -0.2) is 102 Å². The number of fused-ring (bicyclic) bond motifs is 1. The maximum Gasteiger partial charge on any atom is 0.490 e. The lowest BCUT2D eigenvalue weighted by Crippen LogP contribution is -2.45. The molecule has 0 saturated heterocycles. The average molecular weight is 787 g/mol. The molecule has 1 aliphatic carbocycles. The number of carbonyl (C=O) groups excluding carboxylic acids is 2. The SMILES string of the molecule is O=C(O)C(F)(F)F.O=C(O)C(F)(F)F.O=C1COc2c(CCNCCN(C(=O)CCNCCc3cc(F)ccc3F)C3CCCCCC3)ccc(O)c2N1. The van der Waals surface area contributed by atoms with Gasteiger partial charge >= 0.3 is 24.3 Å². The second-order valence-electron chi connectivity index (χ2n) is 12.1. The lowest BCUT2D eigenvalue weighted by atomic mass is 10.1. The van der Waals surface area contributed by atoms with Crippen molar-refractivity contribution in [2.24, 2.45) is 0 Å². The fourth-order valence-electron chi connectivity index (χ4n) is 5.46. The molecule has 12 nitrogen and oxygen atoms in total. The fraction of sp³-hybridized carbons (Fsp3) is 0.529. The second-order valence-corrected chi connectivity index (χ2v) is 12.1. The number of phenolic OH excluding ortho intramolecular Hbond substituents is 1. The van der Waals surface area contributed by atoms with Crippen LogP contribution in [0.25, 0.3) is 0 Å². The van der Waals surface area contributed by atoms with Gasteiger partial charge in [0.2, 0.25) is 5.91 Å². The zero-order valence-electron chi connectivity index (χ0n) is 28.9. The number of nitrogens with one attached hydrogen (secondary N) is 3. The first-order valence-corrected chi connectivity index (χ1v) is 16.8. The molecule has 0 spiro atoms. The molecule has 2 aliphatic rings. The highest BCUT2D eigenvalue weighted by Crippen LogP contribution is 2.39. The Kier molecular flexibility index (Phi) is 18.4. The molecule has 0 aromatic heterocycles. The Balaban J connectivity index is 0.000000610. The molecule has 0 atom stereocenters. The molecule has 2 aromatic rings. The Labute approximate surface area is 304 Å². The van der Waals surface area contributed by atoms with Crippen LogP contribution in [0, 0.1) is 11.6 Å². The van der Waals surface area contributed by atoms with Gasteiger partial charge in [-0.3, -0.25) is 9.59 Å². The predicted octanol–water partition coefficient (Wildman–Crippen LogP) is 5.17. The number of aliphatic carboxylic acids is 2. The molecular weight excluding hydrogens is 744 g/mol. The van der Waals surface area contributed by atoms with E-state index in [4.69, 9.17) is 24.5 Å². The minimum absolute atomic E-state index is 0.0204. The number of carbonyl (C=O) groups is 4. The number of alkyl halides is 6. The Morgan fingerprint density at radius 3 is 1.94 bits per heavy atom. The van der Waals surface area contributed by atoms with E-state index >= 15 is 0 Å². The lowest BCUT2D eigenvalue weighted by molar-refractivity contribution is -0.193. The van der Waals surface area contributed by atoms with Gasteiger partial charge in [0.05, 0.1) is 0 Å². The third-order valence-corrected chi connectivity index (χ3v) is 8.10. The monoisotopic (exact) mass is 786 g/mol. The molecule has 1 saturated carbocycles. The normalized spacial score (nSPS) is 14.5. The highest BCUT2D eigenvalue weighted by atomic mass is 19.4. The minimum Gasteiger partial charge on any atom is -0.506 e. The molecule has 1 aliphatic heterocycles. The minimum atomic E-state index is -5.08. The summed E-state index contributed by atoms with van der Waals surface area (Å²) in [4.78, 5) is 44.7. The zero-order valence-corrected chi connectivity index (χ0v) is 28.9. The van der Waals surface area contributed by atoms with Crippen LogP contribution < -0.4 is 20.7 Å².